The van der Waals surface area contributed by atoms with Crippen molar-refractivity contribution in [3.05, 3.63) is 66.9 Å². The van der Waals surface area contributed by atoms with Crippen LogP contribution in [0.2, 0.25) is 0 Å². The standard InChI is InChI=1S/C17H15BrN4OS/c18-12-7-13(24-10-12)8-22-6-3-15-14(9-22)17(23)21-16(20-15)11-1-4-19-5-2-11/h1-2,4-5,7,10H,3,6,8-9H2,(H,20,21,23). The van der Waals surface area contributed by atoms with E-state index in [-0.39, 0.29) is 5.56 Å². The first-order valence-corrected chi connectivity index (χ1v) is 9.34. The molecule has 0 unspecified atom stereocenters. The van der Waals surface area contributed by atoms with Gasteiger partial charge in [0, 0.05) is 58.7 Å². The maximum Gasteiger partial charge on any atom is 0.255 e. The maximum atomic E-state index is 12.5. The largest absolute Gasteiger partial charge is 0.306 e. The molecule has 24 heavy (non-hydrogen) atoms. The average molecular weight is 403 g/mol. The summed E-state index contributed by atoms with van der Waals surface area (Å²) in [7, 11) is 0. The van der Waals surface area contributed by atoms with E-state index in [2.05, 4.69) is 47.2 Å². The molecule has 0 saturated heterocycles. The predicted molar refractivity (Wildman–Crippen MR) is 97.9 cm³/mol. The van der Waals surface area contributed by atoms with Crippen molar-refractivity contribution < 1.29 is 0 Å². The number of H-pyrrole nitrogens is 1. The second-order valence-electron chi connectivity index (χ2n) is 5.77. The van der Waals surface area contributed by atoms with E-state index in [0.29, 0.717) is 12.4 Å². The predicted octanol–water partition coefficient (Wildman–Crippen LogP) is 3.21. The first-order chi connectivity index (χ1) is 11.7. The summed E-state index contributed by atoms with van der Waals surface area (Å²) in [6, 6.07) is 5.85. The second kappa shape index (κ2) is 6.58. The number of pyridine rings is 1. The molecular weight excluding hydrogens is 388 g/mol. The van der Waals surface area contributed by atoms with Gasteiger partial charge in [-0.15, -0.1) is 11.3 Å². The number of halogens is 1. The highest BCUT2D eigenvalue weighted by atomic mass is 79.9. The van der Waals surface area contributed by atoms with Crippen molar-refractivity contribution in [2.45, 2.75) is 19.5 Å². The normalized spacial score (nSPS) is 14.5. The van der Waals surface area contributed by atoms with Gasteiger partial charge < -0.3 is 4.98 Å². The minimum Gasteiger partial charge on any atom is -0.306 e. The zero-order valence-electron chi connectivity index (χ0n) is 12.8. The molecule has 3 aromatic rings. The van der Waals surface area contributed by atoms with Crippen molar-refractivity contribution in [2.24, 2.45) is 0 Å². The van der Waals surface area contributed by atoms with Crippen LogP contribution in [0.3, 0.4) is 0 Å². The minimum absolute atomic E-state index is 0.0381. The Morgan fingerprint density at radius 2 is 2.17 bits per heavy atom. The zero-order chi connectivity index (χ0) is 16.5. The number of aromatic amines is 1. The van der Waals surface area contributed by atoms with Gasteiger partial charge in [-0.2, -0.15) is 0 Å². The number of nitrogens with one attached hydrogen (secondary N) is 1. The van der Waals surface area contributed by atoms with Gasteiger partial charge in [0.05, 0.1) is 11.3 Å². The molecule has 0 atom stereocenters. The molecule has 0 saturated carbocycles. The van der Waals surface area contributed by atoms with Crippen LogP contribution >= 0.6 is 27.3 Å². The summed E-state index contributed by atoms with van der Waals surface area (Å²) in [6.07, 6.45) is 4.20. The van der Waals surface area contributed by atoms with Crippen LogP contribution in [-0.4, -0.2) is 26.4 Å². The highest BCUT2D eigenvalue weighted by Crippen LogP contribution is 2.24. The number of aromatic nitrogens is 3. The van der Waals surface area contributed by atoms with E-state index in [4.69, 9.17) is 0 Å². The Kier molecular flexibility index (Phi) is 4.30. The van der Waals surface area contributed by atoms with Crippen molar-refractivity contribution >= 4 is 27.3 Å². The molecule has 0 bridgehead atoms. The number of nitrogens with zero attached hydrogens (tertiary/aromatic N) is 3. The lowest BCUT2D eigenvalue weighted by molar-refractivity contribution is 0.244. The van der Waals surface area contributed by atoms with Crippen molar-refractivity contribution in [1.29, 1.82) is 0 Å². The van der Waals surface area contributed by atoms with Crippen LogP contribution in [-0.2, 0) is 19.5 Å². The monoisotopic (exact) mass is 402 g/mol. The van der Waals surface area contributed by atoms with E-state index in [0.717, 1.165) is 40.8 Å². The first-order valence-electron chi connectivity index (χ1n) is 7.67. The van der Waals surface area contributed by atoms with Gasteiger partial charge in [0.1, 0.15) is 5.82 Å². The van der Waals surface area contributed by atoms with Crippen LogP contribution < -0.4 is 5.56 Å². The number of rotatable bonds is 3. The number of thiophene rings is 1. The van der Waals surface area contributed by atoms with E-state index in [1.54, 1.807) is 23.7 Å². The Morgan fingerprint density at radius 3 is 2.92 bits per heavy atom. The molecule has 5 nitrogen and oxygen atoms in total. The van der Waals surface area contributed by atoms with Crippen molar-refractivity contribution in [3.63, 3.8) is 0 Å². The Labute approximate surface area is 151 Å². The highest BCUT2D eigenvalue weighted by Gasteiger charge is 2.21. The van der Waals surface area contributed by atoms with Gasteiger partial charge in [0.15, 0.2) is 0 Å². The molecule has 0 spiro atoms. The summed E-state index contributed by atoms with van der Waals surface area (Å²) >= 11 is 5.22. The Bertz CT molecular complexity index is 922. The van der Waals surface area contributed by atoms with Gasteiger partial charge in [-0.05, 0) is 34.1 Å². The molecule has 1 N–H and O–H groups in total. The smallest absolute Gasteiger partial charge is 0.255 e. The summed E-state index contributed by atoms with van der Waals surface area (Å²) in [5.41, 5.74) is 2.54. The summed E-state index contributed by atoms with van der Waals surface area (Å²) in [5.74, 6) is 0.622. The molecule has 0 aliphatic carbocycles. The third-order valence-electron chi connectivity index (χ3n) is 4.10. The third-order valence-corrected chi connectivity index (χ3v) is 5.79. The molecule has 4 heterocycles. The minimum atomic E-state index is -0.0381. The SMILES string of the molecule is O=c1[nH]c(-c2ccncc2)nc2c1CN(Cc1cc(Br)cs1)CC2. The van der Waals surface area contributed by atoms with Crippen LogP contribution in [0, 0.1) is 0 Å². The zero-order valence-corrected chi connectivity index (χ0v) is 15.2. The number of hydrogen-bond acceptors (Lipinski definition) is 5. The van der Waals surface area contributed by atoms with Crippen molar-refractivity contribution in [1.82, 2.24) is 19.9 Å². The fourth-order valence-corrected chi connectivity index (χ4v) is 4.41. The second-order valence-corrected chi connectivity index (χ2v) is 7.68. The topological polar surface area (TPSA) is 61.9 Å². The lowest BCUT2D eigenvalue weighted by Crippen LogP contribution is -2.35. The molecule has 1 aliphatic heterocycles. The molecular formula is C17H15BrN4OS. The van der Waals surface area contributed by atoms with Crippen LogP contribution in [0.4, 0.5) is 0 Å². The quantitative estimate of drug-likeness (QED) is 0.730. The van der Waals surface area contributed by atoms with Crippen LogP contribution in [0.1, 0.15) is 16.1 Å². The summed E-state index contributed by atoms with van der Waals surface area (Å²) in [4.78, 5) is 27.7. The van der Waals surface area contributed by atoms with E-state index in [1.165, 1.54) is 4.88 Å². The van der Waals surface area contributed by atoms with Crippen molar-refractivity contribution in [2.75, 3.05) is 6.54 Å². The summed E-state index contributed by atoms with van der Waals surface area (Å²) < 4.78 is 1.11. The fourth-order valence-electron chi connectivity index (χ4n) is 2.92. The van der Waals surface area contributed by atoms with Gasteiger partial charge >= 0.3 is 0 Å². The first kappa shape index (κ1) is 15.7. The maximum absolute atomic E-state index is 12.5. The van der Waals surface area contributed by atoms with Gasteiger partial charge in [-0.1, -0.05) is 0 Å². The van der Waals surface area contributed by atoms with E-state index < -0.39 is 0 Å². The molecule has 0 radical (unpaired) electrons. The summed E-state index contributed by atoms with van der Waals surface area (Å²) in [5, 5.41) is 2.09. The van der Waals surface area contributed by atoms with E-state index in [9.17, 15) is 4.79 Å². The molecule has 1 aliphatic rings. The molecule has 122 valence electrons. The average Bonchev–Trinajstić information content (AvgIpc) is 3.01. The number of hydrogen-bond donors (Lipinski definition) is 1. The van der Waals surface area contributed by atoms with E-state index in [1.807, 2.05) is 12.1 Å². The third kappa shape index (κ3) is 3.19. The van der Waals surface area contributed by atoms with Crippen LogP contribution in [0.25, 0.3) is 11.4 Å². The lowest BCUT2D eigenvalue weighted by atomic mass is 10.1. The highest BCUT2D eigenvalue weighted by molar-refractivity contribution is 9.10. The van der Waals surface area contributed by atoms with Gasteiger partial charge in [-0.3, -0.25) is 14.7 Å². The fraction of sp³-hybridized carbons (Fsp3) is 0.235. The van der Waals surface area contributed by atoms with Gasteiger partial charge in [0.25, 0.3) is 5.56 Å². The number of fused-ring (bicyclic) bond motifs is 1. The Balaban J connectivity index is 1.59. The van der Waals surface area contributed by atoms with Crippen LogP contribution in [0.5, 0.6) is 0 Å². The molecule has 7 heteroatoms. The molecule has 0 amide bonds. The Hall–Kier alpha value is -1.83. The van der Waals surface area contributed by atoms with Gasteiger partial charge in [0.2, 0.25) is 0 Å². The molecule has 0 aromatic carbocycles. The van der Waals surface area contributed by atoms with Crippen molar-refractivity contribution in [3.8, 4) is 11.4 Å². The lowest BCUT2D eigenvalue weighted by Gasteiger charge is -2.27. The van der Waals surface area contributed by atoms with Crippen LogP contribution in [0.15, 0.2) is 45.2 Å². The van der Waals surface area contributed by atoms with Gasteiger partial charge in [-0.25, -0.2) is 4.98 Å². The Morgan fingerprint density at radius 1 is 1.33 bits per heavy atom. The van der Waals surface area contributed by atoms with E-state index >= 15 is 0 Å². The molecule has 3 aromatic heterocycles. The summed E-state index contributed by atoms with van der Waals surface area (Å²) in [6.45, 7) is 2.42. The molecule has 4 rings (SSSR count). The molecule has 0 fully saturated rings.